The average Bonchev–Trinajstić information content (AvgIpc) is 2.87. The fourth-order valence-electron chi connectivity index (χ4n) is 2.91. The first-order valence-corrected chi connectivity index (χ1v) is 8.16. The first-order chi connectivity index (χ1) is 12.7. The second-order valence-corrected chi connectivity index (χ2v) is 6.36. The Hall–Kier alpha value is -0.970. The minimum absolute atomic E-state index is 0.588. The molecule has 0 aliphatic carbocycles. The lowest BCUT2D eigenvalue weighted by atomic mass is 9.99. The van der Waals surface area contributed by atoms with E-state index in [1.54, 1.807) is 0 Å². The Labute approximate surface area is 153 Å². The number of aliphatic hydroxyl groups is 7. The Bertz CT molecular complexity index is 506. The molecule has 13 heteroatoms. The lowest BCUT2D eigenvalue weighted by molar-refractivity contribution is -0.385. The van der Waals surface area contributed by atoms with Gasteiger partial charge in [0.1, 0.15) is 55.9 Å². The number of aliphatic hydroxyl groups excluding tert-OH is 7. The molecule has 0 aromatic carbocycles. The summed E-state index contributed by atoms with van der Waals surface area (Å²) in [5.41, 5.74) is 4.96. The molecule has 13 nitrogen and oxygen atoms in total. The summed E-state index contributed by atoms with van der Waals surface area (Å²) < 4.78 is 20.9. The van der Waals surface area contributed by atoms with E-state index in [4.69, 9.17) is 24.7 Å². The van der Waals surface area contributed by atoms with Crippen LogP contribution < -0.4 is 5.73 Å². The maximum Gasteiger partial charge on any atom is 0.243 e. The van der Waals surface area contributed by atoms with Crippen molar-refractivity contribution in [2.75, 3.05) is 26.4 Å². The van der Waals surface area contributed by atoms with Crippen molar-refractivity contribution in [3.8, 4) is 0 Å². The van der Waals surface area contributed by atoms with Crippen LogP contribution in [0.2, 0.25) is 0 Å². The van der Waals surface area contributed by atoms with Gasteiger partial charge in [-0.25, -0.2) is 0 Å². The standard InChI is InChI=1S/C14H25NO12/c15-7(18)3-24-4-14(12(23)9(20)6(2-17)26-14)27-13-11(22)10(21)8(19)5(1-16)25-13/h5-6,8-13,16-17,19-23H,1-4H2,(H2,15,18)/t5-,6-,8-,9-,10+,11-,12+,13-,14+/m1/s1. The summed E-state index contributed by atoms with van der Waals surface area (Å²) in [6.45, 7) is -2.68. The van der Waals surface area contributed by atoms with Crippen LogP contribution in [-0.4, -0.2) is 123 Å². The summed E-state index contributed by atoms with van der Waals surface area (Å²) >= 11 is 0. The molecule has 0 bridgehead atoms. The highest BCUT2D eigenvalue weighted by Crippen LogP contribution is 2.36. The molecule has 9 N–H and O–H groups in total. The lowest BCUT2D eigenvalue weighted by Gasteiger charge is -2.43. The first kappa shape index (κ1) is 22.3. The van der Waals surface area contributed by atoms with Gasteiger partial charge >= 0.3 is 0 Å². The Morgan fingerprint density at radius 2 is 1.59 bits per heavy atom. The molecule has 0 aromatic rings. The molecule has 0 saturated carbocycles. The van der Waals surface area contributed by atoms with Crippen LogP contribution in [0.1, 0.15) is 0 Å². The van der Waals surface area contributed by atoms with Crippen molar-refractivity contribution in [1.29, 1.82) is 0 Å². The van der Waals surface area contributed by atoms with E-state index >= 15 is 0 Å². The van der Waals surface area contributed by atoms with Crippen molar-refractivity contribution in [2.24, 2.45) is 5.73 Å². The quantitative estimate of drug-likeness (QED) is 0.191. The highest BCUT2D eigenvalue weighted by Gasteiger charge is 2.58. The minimum Gasteiger partial charge on any atom is -0.394 e. The van der Waals surface area contributed by atoms with E-state index in [0.717, 1.165) is 0 Å². The monoisotopic (exact) mass is 399 g/mol. The SMILES string of the molecule is NC(=O)COC[C@@]1(O[C@H]2O[C@H](CO)[C@@H](O)[C@H](O)[C@H]2O)O[C@H](CO)[C@@H](O)[C@@H]1O. The van der Waals surface area contributed by atoms with E-state index in [9.17, 15) is 40.5 Å². The Balaban J connectivity index is 2.22. The summed E-state index contributed by atoms with van der Waals surface area (Å²) in [4.78, 5) is 10.9. The Morgan fingerprint density at radius 3 is 2.11 bits per heavy atom. The van der Waals surface area contributed by atoms with Gasteiger partial charge in [0.05, 0.1) is 13.2 Å². The predicted molar refractivity (Wildman–Crippen MR) is 81.6 cm³/mol. The molecule has 9 atom stereocenters. The molecule has 2 rings (SSSR count). The van der Waals surface area contributed by atoms with Crippen molar-refractivity contribution in [1.82, 2.24) is 0 Å². The second kappa shape index (κ2) is 9.02. The molecule has 0 radical (unpaired) electrons. The minimum atomic E-state index is -2.21. The largest absolute Gasteiger partial charge is 0.394 e. The van der Waals surface area contributed by atoms with Crippen molar-refractivity contribution < 1.29 is 59.5 Å². The van der Waals surface area contributed by atoms with Crippen molar-refractivity contribution in [2.45, 2.75) is 54.8 Å². The zero-order valence-electron chi connectivity index (χ0n) is 14.2. The molecule has 0 unspecified atom stereocenters. The third-order valence-corrected chi connectivity index (χ3v) is 4.40. The van der Waals surface area contributed by atoms with E-state index in [-0.39, 0.29) is 0 Å². The van der Waals surface area contributed by atoms with E-state index in [1.165, 1.54) is 0 Å². The third-order valence-electron chi connectivity index (χ3n) is 4.40. The molecule has 2 saturated heterocycles. The van der Waals surface area contributed by atoms with Gasteiger partial charge in [-0.05, 0) is 0 Å². The highest BCUT2D eigenvalue weighted by atomic mass is 16.8. The third kappa shape index (κ3) is 4.55. The van der Waals surface area contributed by atoms with Gasteiger partial charge in [0.25, 0.3) is 0 Å². The molecule has 2 aliphatic heterocycles. The summed E-state index contributed by atoms with van der Waals surface area (Å²) in [7, 11) is 0. The summed E-state index contributed by atoms with van der Waals surface area (Å²) in [6.07, 6.45) is -13.0. The normalized spacial score (nSPS) is 45.1. The summed E-state index contributed by atoms with van der Waals surface area (Å²) in [5, 5.41) is 68.5. The number of nitrogens with two attached hydrogens (primary N) is 1. The first-order valence-electron chi connectivity index (χ1n) is 8.16. The van der Waals surface area contributed by atoms with E-state index in [2.05, 4.69) is 0 Å². The van der Waals surface area contributed by atoms with Crippen LogP contribution >= 0.6 is 0 Å². The average molecular weight is 399 g/mol. The number of amides is 1. The molecular formula is C14H25NO12. The number of hydrogen-bond acceptors (Lipinski definition) is 12. The van der Waals surface area contributed by atoms with Crippen molar-refractivity contribution >= 4 is 5.91 Å². The van der Waals surface area contributed by atoms with Crippen molar-refractivity contribution in [3.63, 3.8) is 0 Å². The van der Waals surface area contributed by atoms with Gasteiger partial charge in [-0.15, -0.1) is 0 Å². The van der Waals surface area contributed by atoms with Crippen LogP contribution in [0, 0.1) is 0 Å². The maximum atomic E-state index is 10.9. The topological polar surface area (TPSA) is 222 Å². The van der Waals surface area contributed by atoms with Gasteiger partial charge in [-0.1, -0.05) is 0 Å². The van der Waals surface area contributed by atoms with Crippen LogP contribution in [0.5, 0.6) is 0 Å². The molecule has 1 amide bonds. The molecule has 2 heterocycles. The van der Waals surface area contributed by atoms with E-state index < -0.39 is 87.1 Å². The van der Waals surface area contributed by atoms with Gasteiger partial charge in [0.15, 0.2) is 6.29 Å². The molecular weight excluding hydrogens is 374 g/mol. The fraction of sp³-hybridized carbons (Fsp3) is 0.929. The van der Waals surface area contributed by atoms with Gasteiger partial charge in [0.2, 0.25) is 11.7 Å². The predicted octanol–water partition coefficient (Wildman–Crippen LogP) is -5.89. The molecule has 2 aliphatic rings. The smallest absolute Gasteiger partial charge is 0.243 e. The van der Waals surface area contributed by atoms with Gasteiger partial charge in [-0.3, -0.25) is 4.79 Å². The highest BCUT2D eigenvalue weighted by molar-refractivity contribution is 5.74. The molecule has 158 valence electrons. The number of carbonyl (C=O) groups is 1. The van der Waals surface area contributed by atoms with Gasteiger partial charge in [-0.2, -0.15) is 0 Å². The lowest BCUT2D eigenvalue weighted by Crippen LogP contribution is -2.62. The number of rotatable bonds is 8. The Morgan fingerprint density at radius 1 is 0.963 bits per heavy atom. The molecule has 0 spiro atoms. The van der Waals surface area contributed by atoms with Crippen LogP contribution in [-0.2, 0) is 23.7 Å². The van der Waals surface area contributed by atoms with Crippen LogP contribution in [0.4, 0.5) is 0 Å². The number of primary amides is 1. The van der Waals surface area contributed by atoms with Crippen molar-refractivity contribution in [3.05, 3.63) is 0 Å². The Kier molecular flexibility index (Phi) is 7.46. The zero-order chi connectivity index (χ0) is 20.4. The van der Waals surface area contributed by atoms with E-state index in [1.807, 2.05) is 0 Å². The van der Waals surface area contributed by atoms with Crippen LogP contribution in [0.25, 0.3) is 0 Å². The number of ether oxygens (including phenoxy) is 4. The molecule has 0 aromatic heterocycles. The number of hydrogen-bond donors (Lipinski definition) is 8. The van der Waals surface area contributed by atoms with E-state index in [0.29, 0.717) is 0 Å². The second-order valence-electron chi connectivity index (χ2n) is 6.36. The maximum absolute atomic E-state index is 10.9. The molecule has 27 heavy (non-hydrogen) atoms. The molecule has 2 fully saturated rings. The number of carbonyl (C=O) groups excluding carboxylic acids is 1. The van der Waals surface area contributed by atoms with Crippen LogP contribution in [0.15, 0.2) is 0 Å². The summed E-state index contributed by atoms with van der Waals surface area (Å²) in [6, 6.07) is 0. The summed E-state index contributed by atoms with van der Waals surface area (Å²) in [5.74, 6) is -3.06. The fourth-order valence-corrected chi connectivity index (χ4v) is 2.91. The van der Waals surface area contributed by atoms with Gasteiger partial charge < -0.3 is 60.4 Å². The van der Waals surface area contributed by atoms with Crippen LogP contribution in [0.3, 0.4) is 0 Å². The van der Waals surface area contributed by atoms with Gasteiger partial charge in [0, 0.05) is 0 Å². The zero-order valence-corrected chi connectivity index (χ0v) is 14.2.